The van der Waals surface area contributed by atoms with E-state index in [1.54, 1.807) is 20.0 Å². The van der Waals surface area contributed by atoms with Crippen LogP contribution in [0.1, 0.15) is 63.6 Å². The number of amides is 1. The molecule has 0 saturated carbocycles. The highest BCUT2D eigenvalue weighted by atomic mass is 32.1. The molecule has 2 aromatic rings. The number of benzene rings is 1. The van der Waals surface area contributed by atoms with Gasteiger partial charge >= 0.3 is 0 Å². The van der Waals surface area contributed by atoms with Crippen LogP contribution in [0.15, 0.2) is 35.0 Å². The molecule has 8 nitrogen and oxygen atoms in total. The number of carbonyl (C=O) groups excluding carboxylic acids is 1. The molecule has 4 N–H and O–H groups in total. The Morgan fingerprint density at radius 2 is 2.03 bits per heavy atom. The molecule has 0 unspecified atom stereocenters. The third-order valence-corrected chi connectivity index (χ3v) is 6.58. The Hall–Kier alpha value is -2.75. The van der Waals surface area contributed by atoms with Crippen molar-refractivity contribution in [3.05, 3.63) is 57.5 Å². The summed E-state index contributed by atoms with van der Waals surface area (Å²) in [5.41, 5.74) is 8.82. The first-order valence-corrected chi connectivity index (χ1v) is 12.1. The van der Waals surface area contributed by atoms with E-state index in [1.165, 1.54) is 4.90 Å². The van der Waals surface area contributed by atoms with Crippen LogP contribution in [0.3, 0.4) is 0 Å². The summed E-state index contributed by atoms with van der Waals surface area (Å²) >= 11 is 0.470. The van der Waals surface area contributed by atoms with Gasteiger partial charge in [-0.1, -0.05) is 26.8 Å². The van der Waals surface area contributed by atoms with E-state index in [4.69, 9.17) is 10.5 Å². The summed E-state index contributed by atoms with van der Waals surface area (Å²) in [6, 6.07) is 5.77. The molecule has 1 amide bonds. The first kappa shape index (κ1) is 27.5. The number of nitrogens with two attached hydrogens (primary N) is 1. The maximum absolute atomic E-state index is 11.9. The van der Waals surface area contributed by atoms with Crippen LogP contribution < -0.4 is 10.5 Å². The minimum atomic E-state index is -0.128. The summed E-state index contributed by atoms with van der Waals surface area (Å²) in [5.74, 6) is 1.45. The Balaban J connectivity index is 2.49. The summed E-state index contributed by atoms with van der Waals surface area (Å²) in [5, 5.41) is 20.8. The summed E-state index contributed by atoms with van der Waals surface area (Å²) in [6.45, 7) is 12.3. The second-order valence-electron chi connectivity index (χ2n) is 8.90. The van der Waals surface area contributed by atoms with Crippen molar-refractivity contribution in [2.45, 2.75) is 59.9 Å². The van der Waals surface area contributed by atoms with Gasteiger partial charge in [-0.05, 0) is 43.9 Å². The predicted octanol–water partition coefficient (Wildman–Crippen LogP) is 3.84. The molecule has 9 heteroatoms. The Morgan fingerprint density at radius 3 is 2.59 bits per heavy atom. The Bertz CT molecular complexity index is 1080. The summed E-state index contributed by atoms with van der Waals surface area (Å²) in [7, 11) is 0. The molecule has 2 rings (SSSR count). The first-order valence-electron chi connectivity index (χ1n) is 11.2. The van der Waals surface area contributed by atoms with Crippen molar-refractivity contribution in [1.29, 1.82) is 0 Å². The fourth-order valence-corrected chi connectivity index (χ4v) is 4.34. The third-order valence-electron chi connectivity index (χ3n) is 5.31. The molecule has 0 spiro atoms. The predicted molar refractivity (Wildman–Crippen MR) is 139 cm³/mol. The second-order valence-corrected chi connectivity index (χ2v) is 10.1. The molecule has 34 heavy (non-hydrogen) atoms. The summed E-state index contributed by atoms with van der Waals surface area (Å²) in [4.78, 5) is 22.4. The number of hydrogen-bond donors (Lipinski definition) is 4. The van der Waals surface area contributed by atoms with E-state index in [-0.39, 0.29) is 30.0 Å². The van der Waals surface area contributed by atoms with Gasteiger partial charge < -0.3 is 25.6 Å². The quantitative estimate of drug-likeness (QED) is 0.228. The van der Waals surface area contributed by atoms with Crippen molar-refractivity contribution in [2.24, 2.45) is 0 Å². The zero-order valence-corrected chi connectivity index (χ0v) is 21.7. The molecule has 0 fully saturated rings. The highest BCUT2D eigenvalue weighted by Gasteiger charge is 2.18. The van der Waals surface area contributed by atoms with Gasteiger partial charge in [0.15, 0.2) is 0 Å². The fourth-order valence-electron chi connectivity index (χ4n) is 3.28. The van der Waals surface area contributed by atoms with Crippen LogP contribution in [0.4, 0.5) is 5.82 Å². The smallest absolute Gasteiger partial charge is 0.214 e. The second kappa shape index (κ2) is 12.1. The lowest BCUT2D eigenvalue weighted by molar-refractivity contribution is -0.116. The minimum absolute atomic E-state index is 0.0672. The summed E-state index contributed by atoms with van der Waals surface area (Å²) < 4.78 is 5.82. The van der Waals surface area contributed by atoms with Gasteiger partial charge in [0, 0.05) is 35.4 Å². The van der Waals surface area contributed by atoms with Gasteiger partial charge in [-0.2, -0.15) is 0 Å². The molecule has 1 heterocycles. The third kappa shape index (κ3) is 7.12. The number of allylic oxidation sites excluding steroid dienone is 1. The lowest BCUT2D eigenvalue weighted by Crippen LogP contribution is -2.22. The molecule has 0 bridgehead atoms. The van der Waals surface area contributed by atoms with Crippen LogP contribution in [-0.4, -0.2) is 49.8 Å². The molecule has 1 aromatic heterocycles. The zero-order valence-electron chi connectivity index (χ0n) is 20.8. The van der Waals surface area contributed by atoms with Gasteiger partial charge in [0.2, 0.25) is 6.41 Å². The molecule has 186 valence electrons. The van der Waals surface area contributed by atoms with E-state index < -0.39 is 0 Å². The number of carbonyl (C=O) groups is 1. The first-order chi connectivity index (χ1) is 16.0. The van der Waals surface area contributed by atoms with E-state index in [9.17, 15) is 15.0 Å². The van der Waals surface area contributed by atoms with Crippen LogP contribution >= 0.6 is 11.4 Å². The molecule has 0 aliphatic rings. The number of thiol groups is 1. The number of aryl methyl sites for hydroxylation is 1. The van der Waals surface area contributed by atoms with E-state index in [0.717, 1.165) is 5.56 Å². The number of hydrogen-bond acceptors (Lipinski definition) is 6. The number of anilines is 1. The highest BCUT2D eigenvalue weighted by molar-refractivity contribution is 8.02. The van der Waals surface area contributed by atoms with Crippen molar-refractivity contribution >= 4 is 28.6 Å². The molecular weight excluding hydrogens is 452 g/mol. The van der Waals surface area contributed by atoms with Crippen molar-refractivity contribution in [3.63, 3.8) is 0 Å². The Morgan fingerprint density at radius 1 is 1.32 bits per heavy atom. The molecule has 0 saturated heterocycles. The topological polar surface area (TPSA) is 122 Å². The Labute approximate surface area is 205 Å². The molecule has 0 aliphatic heterocycles. The normalized spacial score (nSPS) is 13.1. The Kier molecular flexibility index (Phi) is 9.78. The van der Waals surface area contributed by atoms with Crippen LogP contribution in [0.2, 0.25) is 0 Å². The van der Waals surface area contributed by atoms with Gasteiger partial charge in [-0.15, -0.1) is 11.4 Å². The average Bonchev–Trinajstić information content (AvgIpc) is 2.77. The number of ether oxygens (including phenoxy) is 1. The standard InChI is InChI=1S/C25H36N4O4S/c1-7-33-21-12-19(25(4,5)6)8-9-20(21)24(32)34-22(10-11-30)16(2)29(15-31)14-18-13-27-17(3)28-23(18)26/h8-9,12-13,15,30,32,34H,7,10-11,14H2,1-6H3,(H2,26,27,28)/b22-16-. The molecule has 0 atom stereocenters. The monoisotopic (exact) mass is 488 g/mol. The number of nitrogen functional groups attached to an aromatic ring is 1. The van der Waals surface area contributed by atoms with Crippen molar-refractivity contribution in [1.82, 2.24) is 14.9 Å². The number of aliphatic hydroxyl groups excluding tert-OH is 2. The molecular formula is C25H36N4O4S. The maximum Gasteiger partial charge on any atom is 0.214 e. The largest absolute Gasteiger partial charge is 0.493 e. The highest BCUT2D eigenvalue weighted by Crippen LogP contribution is 2.31. The number of nitrogens with zero attached hydrogens (tertiary/aromatic N) is 3. The average molecular weight is 489 g/mol. The van der Waals surface area contributed by atoms with Crippen molar-refractivity contribution in [3.8, 4) is 5.75 Å². The van der Waals surface area contributed by atoms with Gasteiger partial charge in [0.25, 0.3) is 0 Å². The van der Waals surface area contributed by atoms with E-state index in [2.05, 4.69) is 30.7 Å². The number of rotatable bonds is 10. The summed E-state index contributed by atoms with van der Waals surface area (Å²) in [6.07, 6.45) is 2.58. The molecule has 0 radical (unpaired) electrons. The fraction of sp³-hybridized carbons (Fsp3) is 0.440. The van der Waals surface area contributed by atoms with E-state index >= 15 is 0 Å². The van der Waals surface area contributed by atoms with Crippen LogP contribution in [0.25, 0.3) is 0 Å². The van der Waals surface area contributed by atoms with E-state index in [1.807, 2.05) is 25.1 Å². The number of aromatic nitrogens is 2. The maximum atomic E-state index is 11.9. The lowest BCUT2D eigenvalue weighted by Gasteiger charge is -2.22. The number of aliphatic hydroxyl groups is 2. The molecule has 1 aromatic carbocycles. The lowest BCUT2D eigenvalue weighted by atomic mass is 9.86. The van der Waals surface area contributed by atoms with Crippen molar-refractivity contribution < 1.29 is 19.7 Å². The van der Waals surface area contributed by atoms with Gasteiger partial charge in [-0.3, -0.25) is 4.79 Å². The van der Waals surface area contributed by atoms with Crippen LogP contribution in [0.5, 0.6) is 5.75 Å². The van der Waals surface area contributed by atoms with Gasteiger partial charge in [-0.25, -0.2) is 9.97 Å². The van der Waals surface area contributed by atoms with E-state index in [0.29, 0.717) is 63.5 Å². The SMILES string of the molecule is CCOc1cc(C(C)(C)C)ccc1/C(O)=[SH]/C(CCO)=C(/C)N(C=O)Cc1cnc(C)nc1N. The molecule has 0 aliphatic carbocycles. The zero-order chi connectivity index (χ0) is 25.5. The van der Waals surface area contributed by atoms with Gasteiger partial charge in [0.05, 0.1) is 18.7 Å². The minimum Gasteiger partial charge on any atom is -0.493 e. The van der Waals surface area contributed by atoms with Crippen LogP contribution in [-0.2, 0) is 16.8 Å². The van der Waals surface area contributed by atoms with Gasteiger partial charge in [0.1, 0.15) is 22.4 Å². The van der Waals surface area contributed by atoms with Crippen molar-refractivity contribution in [2.75, 3.05) is 18.9 Å². The van der Waals surface area contributed by atoms with Crippen LogP contribution in [0, 0.1) is 6.92 Å².